The van der Waals surface area contributed by atoms with Gasteiger partial charge in [0.1, 0.15) is 0 Å². The van der Waals surface area contributed by atoms with Crippen LogP contribution < -0.4 is 5.73 Å². The van der Waals surface area contributed by atoms with Crippen LogP contribution in [0.1, 0.15) is 30.4 Å². The Balaban J connectivity index is 2.84. The molecule has 0 aromatic heterocycles. The molecule has 1 aromatic rings. The molecule has 2 heteroatoms. The number of benzene rings is 1. The van der Waals surface area contributed by atoms with Gasteiger partial charge in [0.25, 0.3) is 0 Å². The van der Waals surface area contributed by atoms with Crippen LogP contribution in [0.4, 0.5) is 0 Å². The third-order valence-corrected chi connectivity index (χ3v) is 3.24. The lowest BCUT2D eigenvalue weighted by Crippen LogP contribution is -2.04. The molecule has 2 N–H and O–H groups in total. The number of halogens is 1. The predicted octanol–water partition coefficient (Wildman–Crippen LogP) is 3.21. The second-order valence-corrected chi connectivity index (χ2v) is 4.34. The summed E-state index contributed by atoms with van der Waals surface area (Å²) in [5, 5.41) is 0. The van der Waals surface area contributed by atoms with Crippen molar-refractivity contribution < 1.29 is 0 Å². The van der Waals surface area contributed by atoms with Crippen LogP contribution in [-0.4, -0.2) is 6.54 Å². The molecule has 0 amide bonds. The maximum Gasteiger partial charge on any atom is 0.0204 e. The fraction of sp³-hybridized carbons (Fsp3) is 0.455. The van der Waals surface area contributed by atoms with Gasteiger partial charge in [0.05, 0.1) is 0 Å². The highest BCUT2D eigenvalue weighted by molar-refractivity contribution is 9.10. The summed E-state index contributed by atoms with van der Waals surface area (Å²) in [7, 11) is 0. The third-order valence-electron chi connectivity index (χ3n) is 2.35. The Morgan fingerprint density at radius 1 is 1.46 bits per heavy atom. The monoisotopic (exact) mass is 241 g/mol. The zero-order chi connectivity index (χ0) is 9.84. The molecule has 0 aliphatic rings. The molecule has 0 radical (unpaired) electrons. The number of hydrogen-bond acceptors (Lipinski definition) is 1. The van der Waals surface area contributed by atoms with E-state index >= 15 is 0 Å². The molecule has 0 bridgehead atoms. The van der Waals surface area contributed by atoms with Crippen LogP contribution in [0.5, 0.6) is 0 Å². The van der Waals surface area contributed by atoms with Crippen molar-refractivity contribution in [2.24, 2.45) is 5.73 Å². The molecule has 1 aromatic carbocycles. The van der Waals surface area contributed by atoms with Crippen LogP contribution in [0.15, 0.2) is 22.7 Å². The highest BCUT2D eigenvalue weighted by Gasteiger charge is 2.05. The van der Waals surface area contributed by atoms with Crippen molar-refractivity contribution >= 4 is 15.9 Å². The minimum atomic E-state index is 0.566. The molecule has 0 fully saturated rings. The van der Waals surface area contributed by atoms with Crippen molar-refractivity contribution in [3.63, 3.8) is 0 Å². The lowest BCUT2D eigenvalue weighted by atomic mass is 9.96. The van der Waals surface area contributed by atoms with Crippen molar-refractivity contribution in [1.82, 2.24) is 0 Å². The smallest absolute Gasteiger partial charge is 0.0204 e. The van der Waals surface area contributed by atoms with Gasteiger partial charge in [-0.2, -0.15) is 0 Å². The summed E-state index contributed by atoms with van der Waals surface area (Å²) < 4.78 is 1.18. The van der Waals surface area contributed by atoms with Crippen molar-refractivity contribution in [1.29, 1.82) is 0 Å². The quantitative estimate of drug-likeness (QED) is 0.865. The van der Waals surface area contributed by atoms with Crippen LogP contribution in [0.2, 0.25) is 0 Å². The normalized spacial score (nSPS) is 12.9. The lowest BCUT2D eigenvalue weighted by molar-refractivity contribution is 0.689. The van der Waals surface area contributed by atoms with E-state index in [1.54, 1.807) is 0 Å². The first-order valence-corrected chi connectivity index (χ1v) is 5.40. The van der Waals surface area contributed by atoms with Gasteiger partial charge in [-0.1, -0.05) is 35.0 Å². The van der Waals surface area contributed by atoms with E-state index in [9.17, 15) is 0 Å². The number of aryl methyl sites for hydroxylation is 1. The molecule has 1 atom stereocenters. The van der Waals surface area contributed by atoms with Crippen LogP contribution >= 0.6 is 15.9 Å². The van der Waals surface area contributed by atoms with Gasteiger partial charge in [-0.15, -0.1) is 0 Å². The van der Waals surface area contributed by atoms with E-state index in [1.807, 2.05) is 0 Å². The third kappa shape index (κ3) is 2.82. The highest BCUT2D eigenvalue weighted by Crippen LogP contribution is 2.23. The minimum Gasteiger partial charge on any atom is -0.330 e. The molecule has 1 unspecified atom stereocenters. The van der Waals surface area contributed by atoms with Gasteiger partial charge >= 0.3 is 0 Å². The van der Waals surface area contributed by atoms with Crippen molar-refractivity contribution in [3.05, 3.63) is 33.8 Å². The number of hydrogen-bond donors (Lipinski definition) is 1. The summed E-state index contributed by atoms with van der Waals surface area (Å²) >= 11 is 3.49. The topological polar surface area (TPSA) is 26.0 Å². The molecule has 0 heterocycles. The molecular weight excluding hydrogens is 226 g/mol. The van der Waals surface area contributed by atoms with Gasteiger partial charge in [-0.25, -0.2) is 0 Å². The first kappa shape index (κ1) is 10.7. The van der Waals surface area contributed by atoms with E-state index in [1.165, 1.54) is 15.6 Å². The Morgan fingerprint density at radius 3 is 2.69 bits per heavy atom. The average Bonchev–Trinajstić information content (AvgIpc) is 2.10. The minimum absolute atomic E-state index is 0.566. The molecule has 13 heavy (non-hydrogen) atoms. The van der Waals surface area contributed by atoms with Gasteiger partial charge in [-0.05, 0) is 43.0 Å². The van der Waals surface area contributed by atoms with E-state index in [-0.39, 0.29) is 0 Å². The summed E-state index contributed by atoms with van der Waals surface area (Å²) in [6, 6.07) is 6.50. The van der Waals surface area contributed by atoms with Crippen molar-refractivity contribution in [3.8, 4) is 0 Å². The largest absolute Gasteiger partial charge is 0.330 e. The van der Waals surface area contributed by atoms with Gasteiger partial charge in [0, 0.05) is 4.47 Å². The van der Waals surface area contributed by atoms with Gasteiger partial charge in [0.15, 0.2) is 0 Å². The SMILES string of the molecule is Cc1cc(C(C)CCN)ccc1Br. The molecule has 1 nitrogen and oxygen atoms in total. The summed E-state index contributed by atoms with van der Waals surface area (Å²) in [6.07, 6.45) is 1.06. The van der Waals surface area contributed by atoms with Crippen molar-refractivity contribution in [2.75, 3.05) is 6.54 Å². The molecule has 0 saturated carbocycles. The number of nitrogens with two attached hydrogens (primary N) is 1. The highest BCUT2D eigenvalue weighted by atomic mass is 79.9. The van der Waals surface area contributed by atoms with Crippen LogP contribution in [-0.2, 0) is 0 Å². The van der Waals surface area contributed by atoms with Crippen LogP contribution in [0.3, 0.4) is 0 Å². The summed E-state index contributed by atoms with van der Waals surface area (Å²) in [6.45, 7) is 5.09. The van der Waals surface area contributed by atoms with E-state index in [4.69, 9.17) is 5.73 Å². The zero-order valence-corrected chi connectivity index (χ0v) is 9.76. The fourth-order valence-electron chi connectivity index (χ4n) is 1.39. The zero-order valence-electron chi connectivity index (χ0n) is 8.18. The Kier molecular flexibility index (Phi) is 3.94. The maximum atomic E-state index is 5.53. The Morgan fingerprint density at radius 2 is 2.15 bits per heavy atom. The van der Waals surface area contributed by atoms with Crippen LogP contribution in [0, 0.1) is 6.92 Å². The second kappa shape index (κ2) is 4.77. The Bertz CT molecular complexity index is 283. The molecule has 0 spiro atoms. The standard InChI is InChI=1S/C11H16BrN/c1-8(5-6-13)10-3-4-11(12)9(2)7-10/h3-4,7-8H,5-6,13H2,1-2H3. The summed E-state index contributed by atoms with van der Waals surface area (Å²) in [4.78, 5) is 0. The van der Waals surface area contributed by atoms with Gasteiger partial charge in [0.2, 0.25) is 0 Å². The van der Waals surface area contributed by atoms with Gasteiger partial charge in [-0.3, -0.25) is 0 Å². The fourth-order valence-corrected chi connectivity index (χ4v) is 1.64. The van der Waals surface area contributed by atoms with Crippen LogP contribution in [0.25, 0.3) is 0 Å². The van der Waals surface area contributed by atoms with E-state index in [0.717, 1.165) is 13.0 Å². The number of rotatable bonds is 3. The van der Waals surface area contributed by atoms with Gasteiger partial charge < -0.3 is 5.73 Å². The van der Waals surface area contributed by atoms with E-state index in [0.29, 0.717) is 5.92 Å². The Labute approximate surface area is 88.5 Å². The average molecular weight is 242 g/mol. The second-order valence-electron chi connectivity index (χ2n) is 3.49. The summed E-state index contributed by atoms with van der Waals surface area (Å²) in [5.41, 5.74) is 8.20. The Hall–Kier alpha value is -0.340. The predicted molar refractivity (Wildman–Crippen MR) is 61.0 cm³/mol. The maximum absolute atomic E-state index is 5.53. The molecule has 0 aliphatic carbocycles. The molecule has 72 valence electrons. The molecule has 0 saturated heterocycles. The van der Waals surface area contributed by atoms with E-state index < -0.39 is 0 Å². The molecule has 1 rings (SSSR count). The first-order chi connectivity index (χ1) is 6.15. The first-order valence-electron chi connectivity index (χ1n) is 4.61. The summed E-state index contributed by atoms with van der Waals surface area (Å²) in [5.74, 6) is 0.566. The lowest BCUT2D eigenvalue weighted by Gasteiger charge is -2.11. The molecular formula is C11H16BrN. The molecule has 0 aliphatic heterocycles. The van der Waals surface area contributed by atoms with E-state index in [2.05, 4.69) is 48.0 Å². The van der Waals surface area contributed by atoms with Crippen molar-refractivity contribution in [2.45, 2.75) is 26.2 Å².